The molecule has 184 valence electrons. The van der Waals surface area contributed by atoms with E-state index in [1.54, 1.807) is 47.8 Å². The molecule has 3 heterocycles. The van der Waals surface area contributed by atoms with Crippen molar-refractivity contribution in [3.8, 4) is 0 Å². The average molecular weight is 498 g/mol. The summed E-state index contributed by atoms with van der Waals surface area (Å²) in [5, 5.41) is 0. The highest BCUT2D eigenvalue weighted by molar-refractivity contribution is 7.88. The molecule has 10 heteroatoms. The molecule has 3 aromatic rings. The van der Waals surface area contributed by atoms with E-state index < -0.39 is 10.0 Å². The van der Waals surface area contributed by atoms with Gasteiger partial charge in [-0.1, -0.05) is 19.1 Å². The third-order valence-electron chi connectivity index (χ3n) is 6.11. The molecule has 2 aromatic heterocycles. The lowest BCUT2D eigenvalue weighted by molar-refractivity contribution is 0.0698. The van der Waals surface area contributed by atoms with Crippen molar-refractivity contribution >= 4 is 15.9 Å². The van der Waals surface area contributed by atoms with Gasteiger partial charge < -0.3 is 4.90 Å². The van der Waals surface area contributed by atoms with Crippen molar-refractivity contribution in [2.45, 2.75) is 25.7 Å². The monoisotopic (exact) mass is 497 g/mol. The van der Waals surface area contributed by atoms with E-state index in [1.165, 1.54) is 22.7 Å². The Morgan fingerprint density at radius 1 is 1.03 bits per heavy atom. The Kier molecular flexibility index (Phi) is 7.51. The molecule has 0 spiro atoms. The summed E-state index contributed by atoms with van der Waals surface area (Å²) < 4.78 is 38.4. The molecule has 1 atom stereocenters. The van der Waals surface area contributed by atoms with Crippen molar-refractivity contribution < 1.29 is 17.6 Å². The van der Waals surface area contributed by atoms with Gasteiger partial charge in [-0.05, 0) is 42.2 Å². The maximum Gasteiger partial charge on any atom is 0.254 e. The van der Waals surface area contributed by atoms with Crippen molar-refractivity contribution in [2.75, 3.05) is 32.4 Å². The van der Waals surface area contributed by atoms with E-state index in [2.05, 4.69) is 9.97 Å². The number of carbonyl (C=O) groups is 1. The largest absolute Gasteiger partial charge is 0.336 e. The van der Waals surface area contributed by atoms with Gasteiger partial charge in [-0.25, -0.2) is 12.8 Å². The number of piperazine rings is 1. The molecule has 1 saturated heterocycles. The topological polar surface area (TPSA) is 96.4 Å². The number of pyridine rings is 1. The van der Waals surface area contributed by atoms with Gasteiger partial charge in [-0.15, -0.1) is 0 Å². The Labute approximate surface area is 204 Å². The summed E-state index contributed by atoms with van der Waals surface area (Å²) in [6.45, 7) is 3.24. The van der Waals surface area contributed by atoms with E-state index in [0.717, 1.165) is 17.0 Å². The fourth-order valence-corrected chi connectivity index (χ4v) is 5.03. The minimum absolute atomic E-state index is 0.0659. The highest BCUT2D eigenvalue weighted by atomic mass is 32.2. The van der Waals surface area contributed by atoms with Crippen LogP contribution in [0.3, 0.4) is 0 Å². The molecular weight excluding hydrogens is 469 g/mol. The predicted molar refractivity (Wildman–Crippen MR) is 130 cm³/mol. The minimum atomic E-state index is -3.28. The molecule has 1 fully saturated rings. The molecule has 0 aliphatic carbocycles. The summed E-state index contributed by atoms with van der Waals surface area (Å²) >= 11 is 0. The lowest BCUT2D eigenvalue weighted by Crippen LogP contribution is -2.50. The second-order valence-electron chi connectivity index (χ2n) is 8.82. The molecule has 0 bridgehead atoms. The molecule has 1 aliphatic rings. The molecule has 1 aliphatic heterocycles. The van der Waals surface area contributed by atoms with E-state index in [0.29, 0.717) is 37.2 Å². The van der Waals surface area contributed by atoms with E-state index in [9.17, 15) is 17.6 Å². The number of hydrogen-bond acceptors (Lipinski definition) is 6. The number of sulfonamides is 1. The first kappa shape index (κ1) is 24.9. The summed E-state index contributed by atoms with van der Waals surface area (Å²) in [6, 6.07) is 9.97. The van der Waals surface area contributed by atoms with Gasteiger partial charge in [-0.3, -0.25) is 19.7 Å². The highest BCUT2D eigenvalue weighted by Gasteiger charge is 2.27. The Morgan fingerprint density at radius 2 is 1.71 bits per heavy atom. The average Bonchev–Trinajstić information content (AvgIpc) is 2.84. The maximum atomic E-state index is 13.4. The van der Waals surface area contributed by atoms with Crippen LogP contribution in [-0.2, 0) is 22.9 Å². The van der Waals surface area contributed by atoms with E-state index in [4.69, 9.17) is 4.98 Å². The summed E-state index contributed by atoms with van der Waals surface area (Å²) in [4.78, 5) is 28.3. The third-order valence-corrected chi connectivity index (χ3v) is 7.41. The number of benzene rings is 1. The molecule has 1 amide bonds. The van der Waals surface area contributed by atoms with Gasteiger partial charge in [0.15, 0.2) is 0 Å². The zero-order valence-electron chi connectivity index (χ0n) is 19.8. The molecule has 4 rings (SSSR count). The van der Waals surface area contributed by atoms with Gasteiger partial charge in [-0.2, -0.15) is 4.31 Å². The first-order valence-electron chi connectivity index (χ1n) is 11.4. The molecule has 8 nitrogen and oxygen atoms in total. The predicted octanol–water partition coefficient (Wildman–Crippen LogP) is 2.67. The van der Waals surface area contributed by atoms with E-state index in [1.807, 2.05) is 6.92 Å². The number of hydrogen-bond donors (Lipinski definition) is 0. The van der Waals surface area contributed by atoms with Crippen LogP contribution in [0.4, 0.5) is 4.39 Å². The fraction of sp³-hybridized carbons (Fsp3) is 0.360. The molecule has 0 N–H and O–H groups in total. The lowest BCUT2D eigenvalue weighted by atomic mass is 9.95. The van der Waals surface area contributed by atoms with Crippen molar-refractivity contribution in [3.63, 3.8) is 0 Å². The van der Waals surface area contributed by atoms with Crippen molar-refractivity contribution in [1.29, 1.82) is 0 Å². The number of amides is 1. The SMILES string of the molecule is C[C@H](Cc1cc(C(=O)N2CCN(S(C)(=O)=O)CC2)cc(Cc2cnccn2)n1)c1ccc(F)cc1. The van der Waals surface area contributed by atoms with Crippen LogP contribution >= 0.6 is 0 Å². The summed E-state index contributed by atoms with van der Waals surface area (Å²) in [5.41, 5.74) is 3.68. The number of nitrogens with zero attached hydrogens (tertiary/aromatic N) is 5. The first-order chi connectivity index (χ1) is 16.7. The number of carbonyl (C=O) groups excluding carboxylic acids is 1. The normalized spacial score (nSPS) is 15.7. The molecule has 0 saturated carbocycles. The molecule has 0 radical (unpaired) electrons. The Bertz CT molecular complexity index is 1280. The van der Waals surface area contributed by atoms with Crippen LogP contribution in [0.25, 0.3) is 0 Å². The van der Waals surface area contributed by atoms with Crippen LogP contribution in [0.1, 0.15) is 45.8 Å². The van der Waals surface area contributed by atoms with Crippen molar-refractivity contribution in [3.05, 3.63) is 89.0 Å². The smallest absolute Gasteiger partial charge is 0.254 e. The standard InChI is InChI=1S/C25H28FN5O3S/c1-18(19-3-5-21(26)6-4-19)13-22-14-20(15-23(29-22)16-24-17-27-7-8-28-24)25(32)30-9-11-31(12-10-30)35(2,33)34/h3-8,14-15,17-18H,9-13,16H2,1-2H3/t18-/m1/s1. The molecule has 0 unspecified atom stereocenters. The van der Waals surface area contributed by atoms with E-state index >= 15 is 0 Å². The summed E-state index contributed by atoms with van der Waals surface area (Å²) in [5.74, 6) is -0.373. The molecular formula is C25H28FN5O3S. The second-order valence-corrected chi connectivity index (χ2v) is 10.8. The van der Waals surface area contributed by atoms with Crippen molar-refractivity contribution in [2.24, 2.45) is 0 Å². The zero-order chi connectivity index (χ0) is 25.0. The molecule has 35 heavy (non-hydrogen) atoms. The number of halogens is 1. The maximum absolute atomic E-state index is 13.4. The summed E-state index contributed by atoms with van der Waals surface area (Å²) in [7, 11) is -3.28. The quantitative estimate of drug-likeness (QED) is 0.498. The number of aromatic nitrogens is 3. The lowest BCUT2D eigenvalue weighted by Gasteiger charge is -2.33. The highest BCUT2D eigenvalue weighted by Crippen LogP contribution is 2.22. The first-order valence-corrected chi connectivity index (χ1v) is 13.3. The minimum Gasteiger partial charge on any atom is -0.336 e. The Hall–Kier alpha value is -3.24. The van der Waals surface area contributed by atoms with Crippen molar-refractivity contribution in [1.82, 2.24) is 24.2 Å². The Balaban J connectivity index is 1.58. The van der Waals surface area contributed by atoms with Gasteiger partial charge in [0.2, 0.25) is 10.0 Å². The zero-order valence-corrected chi connectivity index (χ0v) is 20.6. The van der Waals surface area contributed by atoms with Crippen LogP contribution in [0.5, 0.6) is 0 Å². The second kappa shape index (κ2) is 10.6. The summed E-state index contributed by atoms with van der Waals surface area (Å²) in [6.07, 6.45) is 7.06. The van der Waals surface area contributed by atoms with Gasteiger partial charge in [0.1, 0.15) is 5.82 Å². The third kappa shape index (κ3) is 6.46. The van der Waals surface area contributed by atoms with Crippen LogP contribution in [0.15, 0.2) is 55.0 Å². The van der Waals surface area contributed by atoms with Crippen LogP contribution < -0.4 is 0 Å². The van der Waals surface area contributed by atoms with Gasteiger partial charge in [0, 0.05) is 68.1 Å². The number of rotatable bonds is 7. The Morgan fingerprint density at radius 3 is 2.34 bits per heavy atom. The van der Waals surface area contributed by atoms with Crippen LogP contribution in [0, 0.1) is 5.82 Å². The van der Waals surface area contributed by atoms with Gasteiger partial charge >= 0.3 is 0 Å². The van der Waals surface area contributed by atoms with Crippen LogP contribution in [0.2, 0.25) is 0 Å². The molecule has 1 aromatic carbocycles. The van der Waals surface area contributed by atoms with Gasteiger partial charge in [0.05, 0.1) is 11.9 Å². The van der Waals surface area contributed by atoms with Gasteiger partial charge in [0.25, 0.3) is 5.91 Å². The van der Waals surface area contributed by atoms with E-state index in [-0.39, 0.29) is 30.7 Å². The fourth-order valence-electron chi connectivity index (χ4n) is 4.20. The van der Waals surface area contributed by atoms with Crippen LogP contribution in [-0.4, -0.2) is 70.9 Å².